The Morgan fingerprint density at radius 3 is 2.50 bits per heavy atom. The molecule has 1 aromatic heterocycles. The first-order valence-corrected chi connectivity index (χ1v) is 8.57. The number of aromatic nitrogens is 2. The zero-order valence-electron chi connectivity index (χ0n) is 13.6. The van der Waals surface area contributed by atoms with Gasteiger partial charge in [-0.3, -0.25) is 4.79 Å². The number of carbonyl (C=O) groups excluding carboxylic acids is 1. The van der Waals surface area contributed by atoms with Gasteiger partial charge in [0.2, 0.25) is 0 Å². The minimum absolute atomic E-state index is 0.00388. The largest absolute Gasteiger partial charge is 0.371 e. The average Bonchev–Trinajstić information content (AvgIpc) is 3.09. The van der Waals surface area contributed by atoms with Crippen molar-refractivity contribution in [2.45, 2.75) is 31.3 Å². The van der Waals surface area contributed by atoms with Crippen molar-refractivity contribution >= 4 is 5.91 Å². The number of ether oxygens (including phenoxy) is 1. The van der Waals surface area contributed by atoms with Crippen LogP contribution in [-0.2, 0) is 4.74 Å². The van der Waals surface area contributed by atoms with Gasteiger partial charge < -0.3 is 9.64 Å². The number of benzene rings is 1. The molecule has 2 aromatic rings. The molecule has 0 unspecified atom stereocenters. The van der Waals surface area contributed by atoms with Crippen LogP contribution in [0.4, 0.5) is 0 Å². The predicted molar refractivity (Wildman–Crippen MR) is 90.5 cm³/mol. The third-order valence-corrected chi connectivity index (χ3v) is 4.98. The molecule has 5 nitrogen and oxygen atoms in total. The van der Waals surface area contributed by atoms with Crippen LogP contribution in [0.25, 0.3) is 11.4 Å². The number of hydrogen-bond donors (Lipinski definition) is 0. The van der Waals surface area contributed by atoms with Crippen LogP contribution in [0, 0.1) is 0 Å². The number of rotatable bonds is 2. The summed E-state index contributed by atoms with van der Waals surface area (Å²) in [6, 6.07) is 9.78. The molecule has 2 aliphatic rings. The normalized spacial score (nSPS) is 19.6. The van der Waals surface area contributed by atoms with E-state index in [2.05, 4.69) is 9.97 Å². The van der Waals surface area contributed by atoms with Crippen LogP contribution in [0.2, 0.25) is 0 Å². The van der Waals surface area contributed by atoms with Crippen molar-refractivity contribution in [1.82, 2.24) is 14.9 Å². The molecule has 1 aliphatic carbocycles. The molecule has 0 bridgehead atoms. The molecule has 5 heteroatoms. The summed E-state index contributed by atoms with van der Waals surface area (Å²) < 4.78 is 5.99. The first-order chi connectivity index (χ1) is 11.8. The van der Waals surface area contributed by atoms with Gasteiger partial charge in [0.1, 0.15) is 0 Å². The molecule has 124 valence electrons. The van der Waals surface area contributed by atoms with E-state index in [0.29, 0.717) is 31.1 Å². The van der Waals surface area contributed by atoms with Crippen molar-refractivity contribution in [2.24, 2.45) is 0 Å². The van der Waals surface area contributed by atoms with E-state index < -0.39 is 0 Å². The molecule has 1 aromatic carbocycles. The van der Waals surface area contributed by atoms with Gasteiger partial charge in [-0.25, -0.2) is 9.97 Å². The number of hydrogen-bond acceptors (Lipinski definition) is 4. The van der Waals surface area contributed by atoms with Crippen LogP contribution < -0.4 is 0 Å². The van der Waals surface area contributed by atoms with Crippen LogP contribution >= 0.6 is 0 Å². The fraction of sp³-hybridized carbons (Fsp3) is 0.421. The maximum atomic E-state index is 12.8. The molecule has 1 amide bonds. The third kappa shape index (κ3) is 2.91. The Hall–Kier alpha value is -2.27. The van der Waals surface area contributed by atoms with Crippen molar-refractivity contribution in [1.29, 1.82) is 0 Å². The number of nitrogens with zero attached hydrogens (tertiary/aromatic N) is 3. The van der Waals surface area contributed by atoms with Gasteiger partial charge in [-0.15, -0.1) is 0 Å². The van der Waals surface area contributed by atoms with Gasteiger partial charge in [-0.2, -0.15) is 0 Å². The lowest BCUT2D eigenvalue weighted by Gasteiger charge is -2.40. The van der Waals surface area contributed by atoms with Crippen LogP contribution in [0.5, 0.6) is 0 Å². The van der Waals surface area contributed by atoms with Gasteiger partial charge in [0, 0.05) is 24.5 Å². The highest BCUT2D eigenvalue weighted by Gasteiger charge is 2.40. The van der Waals surface area contributed by atoms with Crippen LogP contribution in [-0.4, -0.2) is 46.1 Å². The lowest BCUT2D eigenvalue weighted by atomic mass is 9.99. The van der Waals surface area contributed by atoms with Crippen molar-refractivity contribution in [2.75, 3.05) is 19.7 Å². The molecular weight excluding hydrogens is 302 g/mol. The Morgan fingerprint density at radius 2 is 1.79 bits per heavy atom. The average molecular weight is 323 g/mol. The summed E-state index contributed by atoms with van der Waals surface area (Å²) in [6.45, 7) is 1.95. The van der Waals surface area contributed by atoms with Crippen molar-refractivity contribution in [3.63, 3.8) is 0 Å². The van der Waals surface area contributed by atoms with Gasteiger partial charge in [-0.1, -0.05) is 43.2 Å². The fourth-order valence-electron chi connectivity index (χ4n) is 3.70. The Balaban J connectivity index is 1.50. The second-order valence-electron chi connectivity index (χ2n) is 6.63. The Labute approximate surface area is 141 Å². The van der Waals surface area contributed by atoms with E-state index in [1.54, 1.807) is 12.4 Å². The zero-order chi connectivity index (χ0) is 16.4. The second-order valence-corrected chi connectivity index (χ2v) is 6.63. The maximum absolute atomic E-state index is 12.8. The summed E-state index contributed by atoms with van der Waals surface area (Å²) in [4.78, 5) is 23.4. The molecule has 0 radical (unpaired) electrons. The molecule has 1 aliphatic heterocycles. The van der Waals surface area contributed by atoms with E-state index in [1.165, 1.54) is 12.8 Å². The Kier molecular flexibility index (Phi) is 4.02. The van der Waals surface area contributed by atoms with E-state index in [-0.39, 0.29) is 11.5 Å². The lowest BCUT2D eigenvalue weighted by Crippen LogP contribution is -2.52. The molecule has 1 saturated heterocycles. The second kappa shape index (κ2) is 6.32. The maximum Gasteiger partial charge on any atom is 0.257 e. The highest BCUT2D eigenvalue weighted by Crippen LogP contribution is 2.36. The highest BCUT2D eigenvalue weighted by atomic mass is 16.5. The molecule has 0 N–H and O–H groups in total. The monoisotopic (exact) mass is 323 g/mol. The van der Waals surface area contributed by atoms with Crippen LogP contribution in [0.3, 0.4) is 0 Å². The summed E-state index contributed by atoms with van der Waals surface area (Å²) in [7, 11) is 0. The summed E-state index contributed by atoms with van der Waals surface area (Å²) >= 11 is 0. The summed E-state index contributed by atoms with van der Waals surface area (Å²) in [5.41, 5.74) is 1.39. The Morgan fingerprint density at radius 1 is 1.08 bits per heavy atom. The number of carbonyl (C=O) groups is 1. The first kappa shape index (κ1) is 15.3. The van der Waals surface area contributed by atoms with Crippen LogP contribution in [0.1, 0.15) is 36.0 Å². The lowest BCUT2D eigenvalue weighted by molar-refractivity contribution is -0.0948. The standard InChI is InChI=1S/C19H21N3O2/c23-18(22-10-11-24-19(14-22)8-4-5-9-19)16-12-20-17(21-13-16)15-6-2-1-3-7-15/h1-3,6-7,12-13H,4-5,8-11,14H2. The van der Waals surface area contributed by atoms with E-state index in [4.69, 9.17) is 4.74 Å². The van der Waals surface area contributed by atoms with E-state index >= 15 is 0 Å². The quantitative estimate of drug-likeness (QED) is 0.853. The van der Waals surface area contributed by atoms with Crippen molar-refractivity contribution in [3.05, 3.63) is 48.3 Å². The molecular formula is C19H21N3O2. The fourth-order valence-corrected chi connectivity index (χ4v) is 3.70. The molecule has 2 fully saturated rings. The van der Waals surface area contributed by atoms with Gasteiger partial charge in [0.15, 0.2) is 5.82 Å². The number of amides is 1. The Bertz CT molecular complexity index is 709. The van der Waals surface area contributed by atoms with Gasteiger partial charge in [0.05, 0.1) is 24.3 Å². The SMILES string of the molecule is O=C(c1cnc(-c2ccccc2)nc1)N1CCOC2(CCCC2)C1. The van der Waals surface area contributed by atoms with Gasteiger partial charge in [0.25, 0.3) is 5.91 Å². The molecule has 24 heavy (non-hydrogen) atoms. The molecule has 1 saturated carbocycles. The molecule has 4 rings (SSSR count). The smallest absolute Gasteiger partial charge is 0.257 e. The zero-order valence-corrected chi connectivity index (χ0v) is 13.6. The number of morpholine rings is 1. The predicted octanol–water partition coefficient (Wildman–Crippen LogP) is 2.93. The first-order valence-electron chi connectivity index (χ1n) is 8.57. The molecule has 2 heterocycles. The summed E-state index contributed by atoms with van der Waals surface area (Å²) in [6.07, 6.45) is 7.76. The van der Waals surface area contributed by atoms with Crippen LogP contribution in [0.15, 0.2) is 42.7 Å². The summed E-state index contributed by atoms with van der Waals surface area (Å²) in [5, 5.41) is 0. The van der Waals surface area contributed by atoms with Crippen molar-refractivity contribution in [3.8, 4) is 11.4 Å². The topological polar surface area (TPSA) is 55.3 Å². The van der Waals surface area contributed by atoms with Crippen molar-refractivity contribution < 1.29 is 9.53 Å². The van der Waals surface area contributed by atoms with E-state index in [0.717, 1.165) is 18.4 Å². The minimum Gasteiger partial charge on any atom is -0.371 e. The molecule has 0 atom stereocenters. The molecule has 1 spiro atoms. The highest BCUT2D eigenvalue weighted by molar-refractivity contribution is 5.93. The van der Waals surface area contributed by atoms with Gasteiger partial charge in [-0.05, 0) is 12.8 Å². The van der Waals surface area contributed by atoms with Gasteiger partial charge >= 0.3 is 0 Å². The minimum atomic E-state index is -0.112. The summed E-state index contributed by atoms with van der Waals surface area (Å²) in [5.74, 6) is 0.644. The van der Waals surface area contributed by atoms with E-state index in [9.17, 15) is 4.79 Å². The van der Waals surface area contributed by atoms with E-state index in [1.807, 2.05) is 35.2 Å². The third-order valence-electron chi connectivity index (χ3n) is 4.98.